The van der Waals surface area contributed by atoms with Gasteiger partial charge in [0.05, 0.1) is 0 Å². The maximum atomic E-state index is 11.8. The van der Waals surface area contributed by atoms with Gasteiger partial charge < -0.3 is 15.2 Å². The van der Waals surface area contributed by atoms with Crippen molar-refractivity contribution in [3.05, 3.63) is 34.2 Å². The van der Waals surface area contributed by atoms with Crippen LogP contribution < -0.4 is 10.9 Å². The number of likely N-dealkylation sites (tertiary alicyclic amines) is 1. The molecule has 0 aliphatic carbocycles. The molecule has 5 nitrogen and oxygen atoms in total. The van der Waals surface area contributed by atoms with Crippen LogP contribution in [0.3, 0.4) is 0 Å². The summed E-state index contributed by atoms with van der Waals surface area (Å²) in [6.45, 7) is 1.86. The molecule has 16 heavy (non-hydrogen) atoms. The van der Waals surface area contributed by atoms with E-state index in [9.17, 15) is 9.59 Å². The van der Waals surface area contributed by atoms with Crippen LogP contribution in [0, 0.1) is 0 Å². The summed E-state index contributed by atoms with van der Waals surface area (Å²) in [6, 6.07) is 4.76. The molecule has 1 aromatic rings. The third-order valence-electron chi connectivity index (χ3n) is 2.74. The molecule has 0 aromatic carbocycles. The lowest BCUT2D eigenvalue weighted by Gasteiger charge is -2.12. The molecule has 1 saturated heterocycles. The average Bonchev–Trinajstić information content (AvgIpc) is 2.64. The molecule has 2 N–H and O–H groups in total. The van der Waals surface area contributed by atoms with E-state index in [1.807, 2.05) is 7.05 Å². The number of aromatic amines is 1. The number of hydrogen-bond acceptors (Lipinski definition) is 3. The first-order chi connectivity index (χ1) is 7.65. The number of nitrogens with zero attached hydrogens (tertiary/aromatic N) is 1. The first kappa shape index (κ1) is 10.9. The van der Waals surface area contributed by atoms with Crippen molar-refractivity contribution in [2.45, 2.75) is 12.5 Å². The van der Waals surface area contributed by atoms with E-state index >= 15 is 0 Å². The Balaban J connectivity index is 2.01. The number of aromatic nitrogens is 1. The van der Waals surface area contributed by atoms with Gasteiger partial charge in [0.25, 0.3) is 5.91 Å². The Bertz CT molecular complexity index is 441. The largest absolute Gasteiger partial charge is 0.347 e. The predicted molar refractivity (Wildman–Crippen MR) is 60.4 cm³/mol. The maximum absolute atomic E-state index is 11.8. The van der Waals surface area contributed by atoms with Crippen LogP contribution >= 0.6 is 0 Å². The molecular formula is C11H15N3O2. The van der Waals surface area contributed by atoms with Crippen molar-refractivity contribution in [1.82, 2.24) is 15.2 Å². The van der Waals surface area contributed by atoms with Crippen molar-refractivity contribution in [3.63, 3.8) is 0 Å². The molecule has 1 atom stereocenters. The molecule has 5 heteroatoms. The van der Waals surface area contributed by atoms with Crippen molar-refractivity contribution < 1.29 is 4.79 Å². The number of pyridine rings is 1. The van der Waals surface area contributed by atoms with Gasteiger partial charge in [-0.1, -0.05) is 6.07 Å². The van der Waals surface area contributed by atoms with E-state index in [0.29, 0.717) is 5.69 Å². The minimum absolute atomic E-state index is 0.182. The molecule has 0 saturated carbocycles. The number of nitrogens with one attached hydrogen (secondary N) is 2. The van der Waals surface area contributed by atoms with Crippen molar-refractivity contribution in [2.75, 3.05) is 20.1 Å². The first-order valence-corrected chi connectivity index (χ1v) is 5.34. The standard InChI is InChI=1S/C11H15N3O2/c1-14-6-5-8(7-14)12-11(16)9-3-2-4-10(15)13-9/h2-4,8H,5-7H2,1H3,(H,12,16)(H,13,15). The molecule has 0 radical (unpaired) electrons. The number of H-pyrrole nitrogens is 1. The van der Waals surface area contributed by atoms with Crippen molar-refractivity contribution in [2.24, 2.45) is 0 Å². The fraction of sp³-hybridized carbons (Fsp3) is 0.455. The van der Waals surface area contributed by atoms with E-state index in [-0.39, 0.29) is 17.5 Å². The molecule has 1 amide bonds. The minimum atomic E-state index is -0.254. The highest BCUT2D eigenvalue weighted by Gasteiger charge is 2.21. The number of likely N-dealkylation sites (N-methyl/N-ethyl adjacent to an activating group) is 1. The Morgan fingerprint density at radius 1 is 1.56 bits per heavy atom. The topological polar surface area (TPSA) is 65.2 Å². The Morgan fingerprint density at radius 3 is 3.00 bits per heavy atom. The molecular weight excluding hydrogens is 206 g/mol. The zero-order valence-corrected chi connectivity index (χ0v) is 9.19. The lowest BCUT2D eigenvalue weighted by atomic mass is 10.2. The quantitative estimate of drug-likeness (QED) is 0.727. The molecule has 1 unspecified atom stereocenters. The van der Waals surface area contributed by atoms with Crippen LogP contribution in [-0.2, 0) is 0 Å². The fourth-order valence-corrected chi connectivity index (χ4v) is 1.90. The van der Waals surface area contributed by atoms with Crippen molar-refractivity contribution in [1.29, 1.82) is 0 Å². The summed E-state index contributed by atoms with van der Waals surface area (Å²) in [5.74, 6) is -0.210. The summed E-state index contributed by atoms with van der Waals surface area (Å²) in [4.78, 5) is 27.5. The van der Waals surface area contributed by atoms with Crippen molar-refractivity contribution in [3.8, 4) is 0 Å². The zero-order chi connectivity index (χ0) is 11.5. The molecule has 1 aliphatic rings. The number of carbonyl (C=O) groups is 1. The van der Waals surface area contributed by atoms with Crippen LogP contribution in [0.2, 0.25) is 0 Å². The highest BCUT2D eigenvalue weighted by Crippen LogP contribution is 2.06. The van der Waals surface area contributed by atoms with Gasteiger partial charge in [0.1, 0.15) is 5.69 Å². The van der Waals surface area contributed by atoms with Crippen LogP contribution in [0.4, 0.5) is 0 Å². The molecule has 1 aromatic heterocycles. The summed E-state index contributed by atoms with van der Waals surface area (Å²) in [7, 11) is 2.02. The van der Waals surface area contributed by atoms with E-state index < -0.39 is 0 Å². The normalized spacial score (nSPS) is 20.9. The van der Waals surface area contributed by atoms with Gasteiger partial charge in [0.15, 0.2) is 0 Å². The number of amides is 1. The summed E-state index contributed by atoms with van der Waals surface area (Å²) < 4.78 is 0. The third-order valence-corrected chi connectivity index (χ3v) is 2.74. The van der Waals surface area contributed by atoms with E-state index in [0.717, 1.165) is 19.5 Å². The van der Waals surface area contributed by atoms with E-state index in [1.165, 1.54) is 6.07 Å². The van der Waals surface area contributed by atoms with Crippen molar-refractivity contribution >= 4 is 5.91 Å². The Labute approximate surface area is 93.5 Å². The smallest absolute Gasteiger partial charge is 0.268 e. The second-order valence-corrected chi connectivity index (χ2v) is 4.15. The predicted octanol–water partition coefficient (Wildman–Crippen LogP) is -0.191. The summed E-state index contributed by atoms with van der Waals surface area (Å²) in [6.07, 6.45) is 0.958. The molecule has 2 rings (SSSR count). The van der Waals surface area contributed by atoms with Crippen LogP contribution in [0.1, 0.15) is 16.9 Å². The van der Waals surface area contributed by atoms with Gasteiger partial charge in [0, 0.05) is 18.7 Å². The Hall–Kier alpha value is -1.62. The monoisotopic (exact) mass is 221 g/mol. The summed E-state index contributed by atoms with van der Waals surface area (Å²) in [5.41, 5.74) is 0.0678. The highest BCUT2D eigenvalue weighted by atomic mass is 16.2. The fourth-order valence-electron chi connectivity index (χ4n) is 1.90. The molecule has 1 fully saturated rings. The van der Waals surface area contributed by atoms with E-state index in [4.69, 9.17) is 0 Å². The van der Waals surface area contributed by atoms with Gasteiger partial charge in [-0.05, 0) is 26.1 Å². The summed E-state index contributed by atoms with van der Waals surface area (Å²) >= 11 is 0. The van der Waals surface area contributed by atoms with Gasteiger partial charge >= 0.3 is 0 Å². The molecule has 0 spiro atoms. The van der Waals surface area contributed by atoms with Crippen LogP contribution in [0.15, 0.2) is 23.0 Å². The molecule has 86 valence electrons. The highest BCUT2D eigenvalue weighted by molar-refractivity contribution is 5.92. The Kier molecular flexibility index (Phi) is 3.05. The number of carbonyl (C=O) groups excluding carboxylic acids is 1. The molecule has 0 bridgehead atoms. The van der Waals surface area contributed by atoms with Gasteiger partial charge in [-0.2, -0.15) is 0 Å². The lowest BCUT2D eigenvalue weighted by molar-refractivity contribution is 0.0933. The van der Waals surface area contributed by atoms with Gasteiger partial charge in [-0.25, -0.2) is 0 Å². The minimum Gasteiger partial charge on any atom is -0.347 e. The molecule has 2 heterocycles. The number of rotatable bonds is 2. The second kappa shape index (κ2) is 4.49. The lowest BCUT2D eigenvalue weighted by Crippen LogP contribution is -2.37. The van der Waals surface area contributed by atoms with E-state index in [2.05, 4.69) is 15.2 Å². The SMILES string of the molecule is CN1CCC(NC(=O)c2cccc(=O)[nH]2)C1. The van der Waals surface area contributed by atoms with Crippen LogP contribution in [0.5, 0.6) is 0 Å². The average molecular weight is 221 g/mol. The van der Waals surface area contributed by atoms with Gasteiger partial charge in [0.2, 0.25) is 5.56 Å². The van der Waals surface area contributed by atoms with Crippen LogP contribution in [0.25, 0.3) is 0 Å². The summed E-state index contributed by atoms with van der Waals surface area (Å²) in [5, 5.41) is 2.90. The van der Waals surface area contributed by atoms with E-state index in [1.54, 1.807) is 12.1 Å². The first-order valence-electron chi connectivity index (χ1n) is 5.34. The second-order valence-electron chi connectivity index (χ2n) is 4.15. The Morgan fingerprint density at radius 2 is 2.38 bits per heavy atom. The maximum Gasteiger partial charge on any atom is 0.268 e. The van der Waals surface area contributed by atoms with Crippen LogP contribution in [-0.4, -0.2) is 42.0 Å². The van der Waals surface area contributed by atoms with Gasteiger partial charge in [-0.15, -0.1) is 0 Å². The zero-order valence-electron chi connectivity index (χ0n) is 9.19. The van der Waals surface area contributed by atoms with Gasteiger partial charge in [-0.3, -0.25) is 9.59 Å². The third kappa shape index (κ3) is 2.49. The number of hydrogen-bond donors (Lipinski definition) is 2. The molecule has 1 aliphatic heterocycles.